The Kier molecular flexibility index (Phi) is 48.4. The van der Waals surface area contributed by atoms with Crippen LogP contribution < -0.4 is 31.9 Å². The highest BCUT2D eigenvalue weighted by molar-refractivity contribution is 5.78. The van der Waals surface area contributed by atoms with Gasteiger partial charge in [0.05, 0.1) is 44.6 Å². The monoisotopic (exact) mass is 1910 g/mol. The molecule has 8 rings (SSSR count). The van der Waals surface area contributed by atoms with E-state index in [0.717, 1.165) is 133 Å². The fraction of sp³-hybridized carbons (Fsp3) is 0.790. The smallest absolute Gasteiger partial charge is 0.410 e. The van der Waals surface area contributed by atoms with Crippen LogP contribution >= 0.6 is 0 Å². The summed E-state index contributed by atoms with van der Waals surface area (Å²) in [5.74, 6) is -1.34. The van der Waals surface area contributed by atoms with Crippen molar-refractivity contribution in [3.05, 3.63) is 47.5 Å². The number of hydrogen-bond donors (Lipinski definition) is 6. The zero-order valence-corrected chi connectivity index (χ0v) is 82.5. The molecule has 7 amide bonds. The van der Waals surface area contributed by atoms with Crippen molar-refractivity contribution >= 4 is 77.4 Å². The van der Waals surface area contributed by atoms with Gasteiger partial charge in [0.1, 0.15) is 50.2 Å². The summed E-state index contributed by atoms with van der Waals surface area (Å²) in [6.07, 6.45) is 17.4. The molecule has 1 aromatic rings. The average molecular weight is 1910 g/mol. The zero-order valence-electron chi connectivity index (χ0n) is 82.5. The molecule has 13 unspecified atom stereocenters. The van der Waals surface area contributed by atoms with Gasteiger partial charge in [0.15, 0.2) is 37.0 Å². The topological polar surface area (TPSA) is 436 Å². The highest BCUT2D eigenvalue weighted by Gasteiger charge is 2.61. The van der Waals surface area contributed by atoms with Crippen LogP contribution in [-0.2, 0) is 135 Å². The van der Waals surface area contributed by atoms with Crippen LogP contribution in [0.5, 0.6) is 0 Å². The lowest BCUT2D eigenvalue weighted by molar-refractivity contribution is -0.277. The van der Waals surface area contributed by atoms with Crippen LogP contribution in [0.3, 0.4) is 0 Å². The number of allylic oxidation sites excluding steroid dienone is 1. The maximum absolute atomic E-state index is 14.3. The Labute approximate surface area is 798 Å². The summed E-state index contributed by atoms with van der Waals surface area (Å²) >= 11 is 0. The number of nitrogens with zero attached hydrogens (tertiary/aromatic N) is 1. The molecule has 3 saturated carbocycles. The maximum Gasteiger partial charge on any atom is 0.410 e. The number of benzene rings is 1. The molecule has 0 bridgehead atoms. The standard InChI is InChI=1S/C100H159N7O28/c1-64(2)32-29-33-65(3)78-40-41-79-77-39-38-75-58-76(42-46-99(75,12)80(77)43-47-100(78,79)13)123-53-26-19-17-15-14-16-18-25-52-121-60-81-91(124-57-45-88(119)104-51-31-49-102-86(117)37-24-28-55-126-97-90(106-67(5)109)95(133-73(11)115)93(131-71(9)113)84(135-97)63-128-69(7)111)82(107(81)98(120)129-59-74-34-21-20-22-35-74)61-122-56-44-87(118)103-50-30-48-101-85(116)36-23-27-54-125-96-89(105-66(4)108)94(132-72(10)114)92(130-70(8)112)83(134-96)62-127-68(6)110/h20-22,34-35,58,64-65,76-84,89-97H,14-19,23-33,36-57,59-63H2,1-13H3,(H,101,116)(H,102,117)(H,103,118)(H,104,119)(H,105,108)(H,106,109)/t65-,76+,77+,78-,79+,80+,81?,82?,83?,84?,89?,90?,91?,92?,93?,94?,95?,96?,97?,99+,100-/m1/s1. The summed E-state index contributed by atoms with van der Waals surface area (Å²) in [6, 6.07) is 5.70. The number of rotatable bonds is 60. The molecule has 762 valence electrons. The number of nitrogens with one attached hydrogen (secondary N) is 6. The second-order valence-corrected chi connectivity index (χ2v) is 38.6. The van der Waals surface area contributed by atoms with Crippen molar-refractivity contribution in [2.24, 2.45) is 46.3 Å². The molecule has 7 aliphatic rings. The van der Waals surface area contributed by atoms with Gasteiger partial charge < -0.3 is 103 Å². The van der Waals surface area contributed by atoms with Crippen LogP contribution in [0.4, 0.5) is 4.79 Å². The summed E-state index contributed by atoms with van der Waals surface area (Å²) in [7, 11) is 0. The molecular formula is C100H159N7O28. The molecule has 0 spiro atoms. The first kappa shape index (κ1) is 112. The van der Waals surface area contributed by atoms with Crippen molar-refractivity contribution in [3.8, 4) is 0 Å². The van der Waals surface area contributed by atoms with Crippen LogP contribution in [0.25, 0.3) is 0 Å². The first-order valence-electron chi connectivity index (χ1n) is 49.9. The maximum atomic E-state index is 14.3. The third kappa shape index (κ3) is 37.0. The molecule has 21 atom stereocenters. The number of carbonyl (C=O) groups excluding carboxylic acids is 13. The summed E-state index contributed by atoms with van der Waals surface area (Å²) in [4.78, 5) is 165. The number of likely N-dealkylation sites (tertiary alicyclic amines) is 1. The van der Waals surface area contributed by atoms with Crippen molar-refractivity contribution in [1.29, 1.82) is 0 Å². The highest BCUT2D eigenvalue weighted by Crippen LogP contribution is 2.68. The van der Waals surface area contributed by atoms with E-state index in [1.54, 1.807) is 10.5 Å². The van der Waals surface area contributed by atoms with Gasteiger partial charge >= 0.3 is 41.9 Å². The van der Waals surface area contributed by atoms with Gasteiger partial charge in [0.25, 0.3) is 0 Å². The Bertz CT molecular complexity index is 3930. The van der Waals surface area contributed by atoms with E-state index in [0.29, 0.717) is 56.0 Å². The Balaban J connectivity index is 0.766. The van der Waals surface area contributed by atoms with Crippen LogP contribution in [0.15, 0.2) is 42.0 Å². The third-order valence-corrected chi connectivity index (χ3v) is 27.7. The molecular weight excluding hydrogens is 1750 g/mol. The minimum Gasteiger partial charge on any atom is -0.463 e. The lowest BCUT2D eigenvalue weighted by Gasteiger charge is -2.59. The molecule has 35 heteroatoms. The quantitative estimate of drug-likeness (QED) is 0.0153. The minimum absolute atomic E-state index is 0.00252. The van der Waals surface area contributed by atoms with E-state index in [9.17, 15) is 62.3 Å². The minimum atomic E-state index is -1.28. The van der Waals surface area contributed by atoms with E-state index in [-0.39, 0.29) is 141 Å². The Morgan fingerprint density at radius 2 is 0.896 bits per heavy atom. The summed E-state index contributed by atoms with van der Waals surface area (Å²) in [5, 5.41) is 16.8. The van der Waals surface area contributed by atoms with Gasteiger partial charge in [-0.25, -0.2) is 4.79 Å². The summed E-state index contributed by atoms with van der Waals surface area (Å²) in [6.45, 7) is 23.6. The average Bonchev–Trinajstić information content (AvgIpc) is 1.63. The number of carbonyl (C=O) groups is 13. The van der Waals surface area contributed by atoms with Crippen LogP contribution in [0.1, 0.15) is 282 Å². The van der Waals surface area contributed by atoms with Crippen molar-refractivity contribution in [3.63, 3.8) is 0 Å². The van der Waals surface area contributed by atoms with Crippen LogP contribution in [0, 0.1) is 46.3 Å². The highest BCUT2D eigenvalue weighted by atomic mass is 16.7. The molecule has 0 aromatic heterocycles. The van der Waals surface area contributed by atoms with Gasteiger partial charge in [0, 0.05) is 134 Å². The first-order valence-corrected chi connectivity index (χ1v) is 49.9. The van der Waals surface area contributed by atoms with E-state index < -0.39 is 133 Å². The van der Waals surface area contributed by atoms with Crippen molar-refractivity contribution < 1.29 is 133 Å². The van der Waals surface area contributed by atoms with Crippen LogP contribution in [-0.4, -0.2) is 260 Å². The number of fused-ring (bicyclic) bond motifs is 5. The van der Waals surface area contributed by atoms with Gasteiger partial charge in [-0.05, 0) is 155 Å². The van der Waals surface area contributed by atoms with E-state index in [4.69, 9.17) is 71.1 Å². The second-order valence-electron chi connectivity index (χ2n) is 38.6. The van der Waals surface area contributed by atoms with Gasteiger partial charge in [-0.2, -0.15) is 0 Å². The van der Waals surface area contributed by atoms with Crippen molar-refractivity contribution in [1.82, 2.24) is 36.8 Å². The van der Waals surface area contributed by atoms with Crippen LogP contribution in [0.2, 0.25) is 0 Å². The van der Waals surface area contributed by atoms with Gasteiger partial charge in [-0.15, -0.1) is 0 Å². The van der Waals surface area contributed by atoms with Gasteiger partial charge in [0.2, 0.25) is 35.4 Å². The SMILES string of the molecule is CC(=O)NC1C(OCCCCC(=O)NCCCNC(=O)CCOCC2C(OCCC(=O)NCCCNC(=O)CCCCOC3OC(COC(C)=O)C(OC(C)=O)C(OC(C)=O)C3NC(C)=O)C(COCCCCCCCCCCO[C@@H]3C=C4CC[C@H]5[C@@H]6CC[C@H]([C@H](C)CCCC(C)C)[C@@]6(C)CC[C@@H]5[C@@]4(C)CC3)N2C(=O)OCc2ccccc2)OC(COC(C)=O)C(OC(C)=O)C1OC(C)=O. The third-order valence-electron chi connectivity index (χ3n) is 27.7. The number of ether oxygens (including phenoxy) is 15. The lowest BCUT2D eigenvalue weighted by atomic mass is 9.46. The second kappa shape index (κ2) is 58.4. The molecule has 0 radical (unpaired) electrons. The number of amides is 7. The lowest BCUT2D eigenvalue weighted by Crippen LogP contribution is -2.73. The summed E-state index contributed by atoms with van der Waals surface area (Å²) in [5.41, 5.74) is 3.30. The fourth-order valence-corrected chi connectivity index (χ4v) is 21.2. The molecule has 3 aliphatic heterocycles. The Morgan fingerprint density at radius 3 is 1.39 bits per heavy atom. The van der Waals surface area contributed by atoms with E-state index >= 15 is 0 Å². The summed E-state index contributed by atoms with van der Waals surface area (Å²) < 4.78 is 87.9. The molecule has 6 N–H and O–H groups in total. The van der Waals surface area contributed by atoms with E-state index in [2.05, 4.69) is 72.6 Å². The van der Waals surface area contributed by atoms with Crippen molar-refractivity contribution in [2.45, 2.75) is 368 Å². The normalized spacial score (nSPS) is 27.4. The molecule has 4 aliphatic carbocycles. The predicted octanol–water partition coefficient (Wildman–Crippen LogP) is 11.1. The number of hydrogen-bond acceptors (Lipinski definition) is 28. The Hall–Kier alpha value is -8.45. The first-order chi connectivity index (χ1) is 64.6. The zero-order chi connectivity index (χ0) is 98.0. The van der Waals surface area contributed by atoms with Gasteiger partial charge in [-0.1, -0.05) is 134 Å². The molecule has 6 fully saturated rings. The largest absolute Gasteiger partial charge is 0.463 e. The van der Waals surface area contributed by atoms with Crippen molar-refractivity contribution in [2.75, 3.05) is 92.2 Å². The molecule has 135 heavy (non-hydrogen) atoms. The number of unbranched alkanes of at least 4 members (excludes halogenated alkanes) is 9. The van der Waals surface area contributed by atoms with E-state index in [1.807, 2.05) is 30.3 Å². The Morgan fingerprint density at radius 1 is 0.430 bits per heavy atom. The van der Waals surface area contributed by atoms with E-state index in [1.165, 1.54) is 91.9 Å². The van der Waals surface area contributed by atoms with Gasteiger partial charge in [-0.3, -0.25) is 62.4 Å². The molecule has 3 saturated heterocycles. The number of esters is 6. The molecule has 3 heterocycles. The fourth-order valence-electron chi connectivity index (χ4n) is 21.2. The molecule has 1 aromatic carbocycles. The predicted molar refractivity (Wildman–Crippen MR) is 495 cm³/mol. The molecule has 35 nitrogen and oxygen atoms in total.